The lowest BCUT2D eigenvalue weighted by molar-refractivity contribution is 0.307. The molecule has 0 heterocycles. The smallest absolute Gasteiger partial charge is 0.119 e. The Bertz CT molecular complexity index is 1080. The lowest BCUT2D eigenvalue weighted by atomic mass is 10.1. The number of anilines is 1. The molecule has 0 saturated carbocycles. The minimum atomic E-state index is 0.571. The summed E-state index contributed by atoms with van der Waals surface area (Å²) in [7, 11) is 0. The Hall–Kier alpha value is -3.26. The third kappa shape index (κ3) is 4.17. The molecule has 0 atom stereocenters. The van der Waals surface area contributed by atoms with Crippen LogP contribution in [0.5, 0.6) is 5.75 Å². The van der Waals surface area contributed by atoms with Gasteiger partial charge in [0.1, 0.15) is 12.4 Å². The van der Waals surface area contributed by atoms with Crippen molar-refractivity contribution in [3.63, 3.8) is 0 Å². The van der Waals surface area contributed by atoms with Crippen LogP contribution in [0.15, 0.2) is 84.9 Å². The van der Waals surface area contributed by atoms with Crippen LogP contribution in [0.3, 0.4) is 0 Å². The van der Waals surface area contributed by atoms with Gasteiger partial charge >= 0.3 is 0 Å². The van der Waals surface area contributed by atoms with E-state index in [0.29, 0.717) is 6.61 Å². The summed E-state index contributed by atoms with van der Waals surface area (Å²) in [5.41, 5.74) is 6.22. The first kappa shape index (κ1) is 18.1. The number of hydrogen-bond donors (Lipinski definition) is 1. The first-order valence-electron chi connectivity index (χ1n) is 9.68. The number of aryl methyl sites for hydroxylation is 2. The highest BCUT2D eigenvalue weighted by molar-refractivity contribution is 5.85. The molecular formula is C26H25NO. The number of benzene rings is 4. The van der Waals surface area contributed by atoms with E-state index in [1.807, 2.05) is 12.1 Å². The largest absolute Gasteiger partial charge is 0.489 e. The molecule has 0 aliphatic carbocycles. The fourth-order valence-electron chi connectivity index (χ4n) is 3.34. The predicted molar refractivity (Wildman–Crippen MR) is 118 cm³/mol. The van der Waals surface area contributed by atoms with Gasteiger partial charge in [0.25, 0.3) is 0 Å². The molecule has 4 aromatic rings. The van der Waals surface area contributed by atoms with Gasteiger partial charge in [-0.2, -0.15) is 0 Å². The highest BCUT2D eigenvalue weighted by atomic mass is 16.5. The van der Waals surface area contributed by atoms with E-state index in [0.717, 1.165) is 18.0 Å². The van der Waals surface area contributed by atoms with Gasteiger partial charge in [0.05, 0.1) is 0 Å². The van der Waals surface area contributed by atoms with Gasteiger partial charge in [0.15, 0.2) is 0 Å². The summed E-state index contributed by atoms with van der Waals surface area (Å²) in [6, 6.07) is 29.6. The molecule has 2 heteroatoms. The van der Waals surface area contributed by atoms with Crippen molar-refractivity contribution in [2.24, 2.45) is 0 Å². The summed E-state index contributed by atoms with van der Waals surface area (Å²) in [5.74, 6) is 0.892. The van der Waals surface area contributed by atoms with Crippen LogP contribution >= 0.6 is 0 Å². The van der Waals surface area contributed by atoms with Crippen LogP contribution in [0.4, 0.5) is 5.69 Å². The number of rotatable bonds is 6. The maximum Gasteiger partial charge on any atom is 0.119 e. The molecule has 1 N–H and O–H groups in total. The molecule has 0 bridgehead atoms. The maximum atomic E-state index is 6.03. The molecule has 0 aliphatic heterocycles. The minimum Gasteiger partial charge on any atom is -0.489 e. The van der Waals surface area contributed by atoms with E-state index in [2.05, 4.69) is 92.0 Å². The van der Waals surface area contributed by atoms with E-state index in [9.17, 15) is 0 Å². The Morgan fingerprint density at radius 2 is 1.54 bits per heavy atom. The molecule has 4 rings (SSSR count). The van der Waals surface area contributed by atoms with Crippen LogP contribution in [0.1, 0.15) is 22.3 Å². The number of fused-ring (bicyclic) bond motifs is 1. The second-order valence-electron chi connectivity index (χ2n) is 7.22. The second kappa shape index (κ2) is 8.18. The minimum absolute atomic E-state index is 0.571. The highest BCUT2D eigenvalue weighted by Crippen LogP contribution is 2.21. The summed E-state index contributed by atoms with van der Waals surface area (Å²) in [6.45, 7) is 5.65. The highest BCUT2D eigenvalue weighted by Gasteiger charge is 2.02. The number of nitrogens with one attached hydrogen (secondary N) is 1. The number of hydrogen-bond acceptors (Lipinski definition) is 2. The maximum absolute atomic E-state index is 6.03. The molecule has 0 unspecified atom stereocenters. The second-order valence-corrected chi connectivity index (χ2v) is 7.22. The van der Waals surface area contributed by atoms with E-state index >= 15 is 0 Å². The molecule has 2 nitrogen and oxygen atoms in total. The summed E-state index contributed by atoms with van der Waals surface area (Å²) in [4.78, 5) is 0. The van der Waals surface area contributed by atoms with Gasteiger partial charge in [0, 0.05) is 12.2 Å². The first-order valence-corrected chi connectivity index (χ1v) is 9.68. The predicted octanol–water partition coefficient (Wildman–Crippen LogP) is 6.65. The van der Waals surface area contributed by atoms with Gasteiger partial charge in [-0.05, 0) is 71.1 Å². The molecule has 140 valence electrons. The van der Waals surface area contributed by atoms with Crippen molar-refractivity contribution in [1.82, 2.24) is 0 Å². The Labute approximate surface area is 166 Å². The van der Waals surface area contributed by atoms with Crippen LogP contribution in [0.2, 0.25) is 0 Å². The van der Waals surface area contributed by atoms with Gasteiger partial charge < -0.3 is 10.1 Å². The fraction of sp³-hybridized carbons (Fsp3) is 0.154. The quantitative estimate of drug-likeness (QED) is 0.412. The van der Waals surface area contributed by atoms with Crippen LogP contribution in [0, 0.1) is 13.8 Å². The lowest BCUT2D eigenvalue weighted by Gasteiger charge is -2.11. The van der Waals surface area contributed by atoms with Gasteiger partial charge in [-0.3, -0.25) is 0 Å². The Balaban J connectivity index is 1.37. The van der Waals surface area contributed by atoms with Crippen LogP contribution < -0.4 is 10.1 Å². The number of ether oxygens (including phenoxy) is 1. The molecule has 0 fully saturated rings. The third-order valence-electron chi connectivity index (χ3n) is 5.20. The summed E-state index contributed by atoms with van der Waals surface area (Å²) in [5, 5.41) is 5.98. The Morgan fingerprint density at radius 3 is 2.36 bits per heavy atom. The van der Waals surface area contributed by atoms with E-state index in [-0.39, 0.29) is 0 Å². The van der Waals surface area contributed by atoms with E-state index in [1.165, 1.54) is 33.0 Å². The first-order chi connectivity index (χ1) is 13.7. The lowest BCUT2D eigenvalue weighted by Crippen LogP contribution is -2.00. The van der Waals surface area contributed by atoms with E-state index in [4.69, 9.17) is 4.74 Å². The molecule has 0 saturated heterocycles. The van der Waals surface area contributed by atoms with Gasteiger partial charge in [-0.25, -0.2) is 0 Å². The van der Waals surface area contributed by atoms with Crippen molar-refractivity contribution < 1.29 is 4.74 Å². The van der Waals surface area contributed by atoms with Crippen molar-refractivity contribution in [3.8, 4) is 5.75 Å². The fourth-order valence-corrected chi connectivity index (χ4v) is 3.34. The molecule has 4 aromatic carbocycles. The normalized spacial score (nSPS) is 10.8. The van der Waals surface area contributed by atoms with Gasteiger partial charge in [0.2, 0.25) is 0 Å². The van der Waals surface area contributed by atoms with Crippen LogP contribution in [0.25, 0.3) is 10.8 Å². The standard InChI is InChI=1S/C26H25NO/c1-19-10-13-24(16-20(19)2)27-17-21-11-14-25(15-12-21)28-18-23-8-5-7-22-6-3-4-9-26(22)23/h3-16,27H,17-18H2,1-2H3. The third-order valence-corrected chi connectivity index (χ3v) is 5.20. The zero-order valence-corrected chi connectivity index (χ0v) is 16.4. The van der Waals surface area contributed by atoms with Crippen molar-refractivity contribution in [1.29, 1.82) is 0 Å². The van der Waals surface area contributed by atoms with Crippen molar-refractivity contribution in [2.75, 3.05) is 5.32 Å². The van der Waals surface area contributed by atoms with Crippen LogP contribution in [-0.2, 0) is 13.2 Å². The monoisotopic (exact) mass is 367 g/mol. The van der Waals surface area contributed by atoms with E-state index < -0.39 is 0 Å². The van der Waals surface area contributed by atoms with Crippen molar-refractivity contribution >= 4 is 16.5 Å². The molecular weight excluding hydrogens is 342 g/mol. The zero-order valence-electron chi connectivity index (χ0n) is 16.4. The summed E-state index contributed by atoms with van der Waals surface area (Å²) < 4.78 is 6.03. The van der Waals surface area contributed by atoms with E-state index in [1.54, 1.807) is 0 Å². The molecule has 0 aliphatic rings. The van der Waals surface area contributed by atoms with Crippen molar-refractivity contribution in [2.45, 2.75) is 27.0 Å². The topological polar surface area (TPSA) is 21.3 Å². The Kier molecular flexibility index (Phi) is 5.29. The molecule has 0 aromatic heterocycles. The van der Waals surface area contributed by atoms with Gasteiger partial charge in [-0.15, -0.1) is 0 Å². The van der Waals surface area contributed by atoms with Crippen LogP contribution in [-0.4, -0.2) is 0 Å². The average molecular weight is 367 g/mol. The molecule has 0 amide bonds. The zero-order chi connectivity index (χ0) is 19.3. The van der Waals surface area contributed by atoms with Crippen molar-refractivity contribution in [3.05, 3.63) is 107 Å². The summed E-state index contributed by atoms with van der Waals surface area (Å²) in [6.07, 6.45) is 0. The molecule has 28 heavy (non-hydrogen) atoms. The van der Waals surface area contributed by atoms with Gasteiger partial charge in [-0.1, -0.05) is 60.7 Å². The SMILES string of the molecule is Cc1ccc(NCc2ccc(OCc3cccc4ccccc34)cc2)cc1C. The summed E-state index contributed by atoms with van der Waals surface area (Å²) >= 11 is 0. The molecule has 0 radical (unpaired) electrons. The average Bonchev–Trinajstić information content (AvgIpc) is 2.74. The molecule has 0 spiro atoms. The Morgan fingerprint density at radius 1 is 0.750 bits per heavy atom.